The molecule has 0 spiro atoms. The number of rotatable bonds is 7. The second-order valence-electron chi connectivity index (χ2n) is 8.94. The summed E-state index contributed by atoms with van der Waals surface area (Å²) in [4.78, 5) is 21.8. The van der Waals surface area contributed by atoms with Crippen LogP contribution >= 0.6 is 0 Å². The van der Waals surface area contributed by atoms with E-state index in [4.69, 9.17) is 19.4 Å². The number of benzene rings is 2. The van der Waals surface area contributed by atoms with Gasteiger partial charge in [-0.2, -0.15) is 4.98 Å². The lowest BCUT2D eigenvalue weighted by molar-refractivity contribution is 0.0962. The SMILES string of the molecule is CNC(=O)c1ccc(Cc2nc3c(c(OC4CCCC4)n2)C(c2ccc(O)cc2)=CC3)c(OC)c1. The van der Waals surface area contributed by atoms with E-state index in [9.17, 15) is 9.90 Å². The number of amides is 1. The number of methoxy groups -OCH3 is 1. The molecular formula is C28H29N3O4. The molecule has 0 aliphatic heterocycles. The van der Waals surface area contributed by atoms with Crippen LogP contribution in [0, 0.1) is 0 Å². The molecule has 180 valence electrons. The van der Waals surface area contributed by atoms with Gasteiger partial charge in [0.25, 0.3) is 5.91 Å². The van der Waals surface area contributed by atoms with E-state index in [1.54, 1.807) is 38.4 Å². The molecule has 0 unspecified atom stereocenters. The number of aromatic nitrogens is 2. The quantitative estimate of drug-likeness (QED) is 0.529. The van der Waals surface area contributed by atoms with Crippen LogP contribution in [0.5, 0.6) is 17.4 Å². The van der Waals surface area contributed by atoms with Crippen molar-refractivity contribution in [2.75, 3.05) is 14.2 Å². The van der Waals surface area contributed by atoms with Gasteiger partial charge in [0.05, 0.1) is 18.4 Å². The molecule has 2 aromatic carbocycles. The molecule has 3 aromatic rings. The van der Waals surface area contributed by atoms with Gasteiger partial charge < -0.3 is 19.9 Å². The molecule has 7 nitrogen and oxygen atoms in total. The summed E-state index contributed by atoms with van der Waals surface area (Å²) in [5.74, 6) is 1.97. The largest absolute Gasteiger partial charge is 0.508 e. The Hall–Kier alpha value is -3.87. The molecule has 0 saturated heterocycles. The Kier molecular flexibility index (Phi) is 6.40. The topological polar surface area (TPSA) is 93.6 Å². The van der Waals surface area contributed by atoms with Crippen molar-refractivity contribution in [1.29, 1.82) is 0 Å². The molecule has 2 aliphatic rings. The number of phenolic OH excluding ortho intramolecular Hbond substituents is 1. The molecule has 2 N–H and O–H groups in total. The number of ether oxygens (including phenoxy) is 2. The first-order valence-electron chi connectivity index (χ1n) is 12.0. The summed E-state index contributed by atoms with van der Waals surface area (Å²) in [6.07, 6.45) is 7.85. The minimum Gasteiger partial charge on any atom is -0.508 e. The molecule has 1 saturated carbocycles. The number of carbonyl (C=O) groups is 1. The monoisotopic (exact) mass is 471 g/mol. The first-order valence-corrected chi connectivity index (χ1v) is 12.0. The van der Waals surface area contributed by atoms with E-state index in [0.717, 1.165) is 40.8 Å². The molecule has 0 bridgehead atoms. The van der Waals surface area contributed by atoms with E-state index in [1.807, 2.05) is 18.2 Å². The van der Waals surface area contributed by atoms with Crippen LogP contribution in [0.1, 0.15) is 64.2 Å². The van der Waals surface area contributed by atoms with E-state index in [1.165, 1.54) is 12.8 Å². The highest BCUT2D eigenvalue weighted by atomic mass is 16.5. The molecular weight excluding hydrogens is 442 g/mol. The predicted molar refractivity (Wildman–Crippen MR) is 133 cm³/mol. The second-order valence-corrected chi connectivity index (χ2v) is 8.94. The van der Waals surface area contributed by atoms with Crippen LogP contribution in [-0.4, -0.2) is 41.2 Å². The van der Waals surface area contributed by atoms with Crippen molar-refractivity contribution in [3.63, 3.8) is 0 Å². The van der Waals surface area contributed by atoms with E-state index in [2.05, 4.69) is 11.4 Å². The molecule has 2 aliphatic carbocycles. The van der Waals surface area contributed by atoms with Gasteiger partial charge in [0.2, 0.25) is 5.88 Å². The first-order chi connectivity index (χ1) is 17.1. The first kappa shape index (κ1) is 22.9. The Morgan fingerprint density at radius 3 is 2.60 bits per heavy atom. The van der Waals surface area contributed by atoms with Gasteiger partial charge in [0.1, 0.15) is 23.4 Å². The lowest BCUT2D eigenvalue weighted by Gasteiger charge is -2.18. The molecule has 1 amide bonds. The summed E-state index contributed by atoms with van der Waals surface area (Å²) in [5.41, 5.74) is 5.35. The van der Waals surface area contributed by atoms with Crippen LogP contribution in [-0.2, 0) is 12.8 Å². The van der Waals surface area contributed by atoms with Gasteiger partial charge >= 0.3 is 0 Å². The highest BCUT2D eigenvalue weighted by Crippen LogP contribution is 2.39. The van der Waals surface area contributed by atoms with Gasteiger partial charge in [-0.3, -0.25) is 4.79 Å². The molecule has 1 aromatic heterocycles. The Balaban J connectivity index is 1.51. The fraction of sp³-hybridized carbons (Fsp3) is 0.321. The van der Waals surface area contributed by atoms with Crippen molar-refractivity contribution in [2.24, 2.45) is 0 Å². The number of fused-ring (bicyclic) bond motifs is 1. The van der Waals surface area contributed by atoms with Gasteiger partial charge in [0, 0.05) is 31.0 Å². The number of allylic oxidation sites excluding steroid dienone is 1. The summed E-state index contributed by atoms with van der Waals surface area (Å²) in [6, 6.07) is 12.6. The van der Waals surface area contributed by atoms with Crippen molar-refractivity contribution < 1.29 is 19.4 Å². The molecule has 1 heterocycles. The third-order valence-corrected chi connectivity index (χ3v) is 6.65. The lowest BCUT2D eigenvalue weighted by atomic mass is 10.0. The van der Waals surface area contributed by atoms with Crippen molar-refractivity contribution in [2.45, 2.75) is 44.6 Å². The van der Waals surface area contributed by atoms with Crippen molar-refractivity contribution in [1.82, 2.24) is 15.3 Å². The number of nitrogens with one attached hydrogen (secondary N) is 1. The van der Waals surface area contributed by atoms with E-state index in [0.29, 0.717) is 35.9 Å². The zero-order valence-electron chi connectivity index (χ0n) is 20.0. The summed E-state index contributed by atoms with van der Waals surface area (Å²) in [7, 11) is 3.20. The Morgan fingerprint density at radius 2 is 1.89 bits per heavy atom. The summed E-state index contributed by atoms with van der Waals surface area (Å²) >= 11 is 0. The summed E-state index contributed by atoms with van der Waals surface area (Å²) in [6.45, 7) is 0. The van der Waals surface area contributed by atoms with Crippen molar-refractivity contribution in [3.05, 3.63) is 82.3 Å². The fourth-order valence-corrected chi connectivity index (χ4v) is 4.83. The van der Waals surface area contributed by atoms with Crippen LogP contribution in [0.3, 0.4) is 0 Å². The highest BCUT2D eigenvalue weighted by Gasteiger charge is 2.27. The Labute approximate surface area is 204 Å². The third-order valence-electron chi connectivity index (χ3n) is 6.65. The van der Waals surface area contributed by atoms with Crippen LogP contribution < -0.4 is 14.8 Å². The average Bonchev–Trinajstić information content (AvgIpc) is 3.54. The number of carbonyl (C=O) groups excluding carboxylic acids is 1. The van der Waals surface area contributed by atoms with Crippen molar-refractivity contribution >= 4 is 11.5 Å². The Bertz CT molecular complexity index is 1280. The van der Waals surface area contributed by atoms with Gasteiger partial charge in [-0.15, -0.1) is 0 Å². The molecule has 0 atom stereocenters. The average molecular weight is 472 g/mol. The summed E-state index contributed by atoms with van der Waals surface area (Å²) < 4.78 is 12.0. The molecule has 1 fully saturated rings. The highest BCUT2D eigenvalue weighted by molar-refractivity contribution is 5.94. The zero-order chi connectivity index (χ0) is 24.4. The zero-order valence-corrected chi connectivity index (χ0v) is 20.0. The van der Waals surface area contributed by atoms with Crippen LogP contribution in [0.4, 0.5) is 0 Å². The molecule has 35 heavy (non-hydrogen) atoms. The fourth-order valence-electron chi connectivity index (χ4n) is 4.83. The molecule has 0 radical (unpaired) electrons. The van der Waals surface area contributed by atoms with Crippen LogP contribution in [0.2, 0.25) is 0 Å². The normalized spacial score (nSPS) is 15.0. The molecule has 5 rings (SSSR count). The summed E-state index contributed by atoms with van der Waals surface area (Å²) in [5, 5.41) is 12.4. The third kappa shape index (κ3) is 4.71. The van der Waals surface area contributed by atoms with Crippen LogP contribution in [0.25, 0.3) is 5.57 Å². The lowest BCUT2D eigenvalue weighted by Crippen LogP contribution is -2.18. The van der Waals surface area contributed by atoms with E-state index < -0.39 is 0 Å². The predicted octanol–water partition coefficient (Wildman–Crippen LogP) is 4.45. The van der Waals surface area contributed by atoms with E-state index in [-0.39, 0.29) is 17.8 Å². The second kappa shape index (κ2) is 9.78. The van der Waals surface area contributed by atoms with Gasteiger partial charge in [-0.25, -0.2) is 4.98 Å². The number of hydrogen-bond acceptors (Lipinski definition) is 6. The maximum Gasteiger partial charge on any atom is 0.251 e. The minimum atomic E-state index is -0.163. The van der Waals surface area contributed by atoms with Crippen molar-refractivity contribution in [3.8, 4) is 17.4 Å². The molecule has 7 heteroatoms. The van der Waals surface area contributed by atoms with Gasteiger partial charge in [-0.05, 0) is 61.1 Å². The maximum absolute atomic E-state index is 12.0. The van der Waals surface area contributed by atoms with Crippen LogP contribution in [0.15, 0.2) is 48.5 Å². The van der Waals surface area contributed by atoms with Gasteiger partial charge in [-0.1, -0.05) is 24.3 Å². The minimum absolute atomic E-state index is 0.157. The maximum atomic E-state index is 12.0. The number of phenols is 1. The standard InChI is InChI=1S/C28H29N3O4/c1-29-27(33)19-8-7-18(24(15-19)34-2)16-25-30-23-14-13-22(17-9-11-20(32)12-10-17)26(23)28(31-25)35-21-5-3-4-6-21/h7-13,15,21,32H,3-6,14,16H2,1-2H3,(H,29,33). The number of hydrogen-bond donors (Lipinski definition) is 2. The van der Waals surface area contributed by atoms with Gasteiger partial charge in [0.15, 0.2) is 0 Å². The Morgan fingerprint density at radius 1 is 1.11 bits per heavy atom. The number of aromatic hydroxyl groups is 1. The smallest absolute Gasteiger partial charge is 0.251 e. The number of nitrogens with zero attached hydrogens (tertiary/aromatic N) is 2. The van der Waals surface area contributed by atoms with E-state index >= 15 is 0 Å².